The predicted molar refractivity (Wildman–Crippen MR) is 82.0 cm³/mol. The number of hydrogen-bond acceptors (Lipinski definition) is 4. The molecule has 1 N–H and O–H groups in total. The molecule has 7 heteroatoms. The zero-order chi connectivity index (χ0) is 17.5. The quantitative estimate of drug-likeness (QED) is 0.824. The van der Waals surface area contributed by atoms with Gasteiger partial charge in [0.1, 0.15) is 5.75 Å². The van der Waals surface area contributed by atoms with E-state index in [-0.39, 0.29) is 18.2 Å². The molecule has 0 spiro atoms. The fourth-order valence-corrected chi connectivity index (χ4v) is 1.95. The number of alkyl halides is 2. The zero-order valence-electron chi connectivity index (χ0n) is 12.8. The van der Waals surface area contributed by atoms with Crippen LogP contribution in [0.4, 0.5) is 8.78 Å². The Hall–Kier alpha value is -2.96. The van der Waals surface area contributed by atoms with Crippen LogP contribution in [-0.4, -0.2) is 25.6 Å². The number of carbonyl (C=O) groups is 2. The first-order valence-electron chi connectivity index (χ1n) is 7.00. The van der Waals surface area contributed by atoms with E-state index in [4.69, 9.17) is 0 Å². The molecule has 0 saturated carbocycles. The topological polar surface area (TPSA) is 64.6 Å². The third-order valence-corrected chi connectivity index (χ3v) is 3.17. The zero-order valence-corrected chi connectivity index (χ0v) is 12.8. The SMILES string of the molecule is COC(=O)c1ccc(CNC(=O)c2ccc(OC(F)F)cc2)cc1. The lowest BCUT2D eigenvalue weighted by Gasteiger charge is -2.08. The minimum Gasteiger partial charge on any atom is -0.465 e. The Morgan fingerprint density at radius 2 is 1.58 bits per heavy atom. The van der Waals surface area contributed by atoms with E-state index in [0.29, 0.717) is 11.1 Å². The Morgan fingerprint density at radius 1 is 1.00 bits per heavy atom. The highest BCUT2D eigenvalue weighted by molar-refractivity contribution is 5.94. The van der Waals surface area contributed by atoms with Crippen molar-refractivity contribution in [2.45, 2.75) is 13.2 Å². The summed E-state index contributed by atoms with van der Waals surface area (Å²) in [6, 6.07) is 12.0. The molecule has 2 rings (SSSR count). The molecule has 0 unspecified atom stereocenters. The summed E-state index contributed by atoms with van der Waals surface area (Å²) in [4.78, 5) is 23.3. The summed E-state index contributed by atoms with van der Waals surface area (Å²) in [6.45, 7) is -2.65. The molecule has 1 amide bonds. The first-order valence-corrected chi connectivity index (χ1v) is 7.00. The number of carbonyl (C=O) groups excluding carboxylic acids is 2. The summed E-state index contributed by atoms with van der Waals surface area (Å²) in [7, 11) is 1.30. The first-order chi connectivity index (χ1) is 11.5. The lowest BCUT2D eigenvalue weighted by atomic mass is 10.1. The highest BCUT2D eigenvalue weighted by Gasteiger charge is 2.09. The molecule has 24 heavy (non-hydrogen) atoms. The third-order valence-electron chi connectivity index (χ3n) is 3.17. The molecule has 126 valence electrons. The molecule has 0 aliphatic carbocycles. The van der Waals surface area contributed by atoms with Crippen LogP contribution in [-0.2, 0) is 11.3 Å². The van der Waals surface area contributed by atoms with Gasteiger partial charge >= 0.3 is 12.6 Å². The van der Waals surface area contributed by atoms with Crippen LogP contribution in [0.5, 0.6) is 5.75 Å². The van der Waals surface area contributed by atoms with E-state index >= 15 is 0 Å². The number of nitrogens with one attached hydrogen (secondary N) is 1. The van der Waals surface area contributed by atoms with Gasteiger partial charge in [0, 0.05) is 12.1 Å². The monoisotopic (exact) mass is 335 g/mol. The second kappa shape index (κ2) is 8.05. The Bertz CT molecular complexity index is 700. The molecule has 2 aromatic rings. The number of halogens is 2. The summed E-state index contributed by atoms with van der Waals surface area (Å²) in [5, 5.41) is 2.69. The van der Waals surface area contributed by atoms with E-state index in [9.17, 15) is 18.4 Å². The smallest absolute Gasteiger partial charge is 0.387 e. The summed E-state index contributed by atoms with van der Waals surface area (Å²) >= 11 is 0. The van der Waals surface area contributed by atoms with Crippen LogP contribution in [0.15, 0.2) is 48.5 Å². The van der Waals surface area contributed by atoms with Crippen molar-refractivity contribution >= 4 is 11.9 Å². The average Bonchev–Trinajstić information content (AvgIpc) is 2.59. The van der Waals surface area contributed by atoms with Crippen molar-refractivity contribution in [2.24, 2.45) is 0 Å². The number of methoxy groups -OCH3 is 1. The molecule has 0 fully saturated rings. The molecular formula is C17H15F2NO4. The van der Waals surface area contributed by atoms with Gasteiger partial charge in [-0.3, -0.25) is 4.79 Å². The molecule has 2 aromatic carbocycles. The van der Waals surface area contributed by atoms with Gasteiger partial charge in [-0.15, -0.1) is 0 Å². The van der Waals surface area contributed by atoms with Crippen molar-refractivity contribution in [3.8, 4) is 5.75 Å². The van der Waals surface area contributed by atoms with Crippen LogP contribution >= 0.6 is 0 Å². The van der Waals surface area contributed by atoms with Crippen molar-refractivity contribution in [3.63, 3.8) is 0 Å². The van der Waals surface area contributed by atoms with E-state index in [1.807, 2.05) is 0 Å². The highest BCUT2D eigenvalue weighted by Crippen LogP contribution is 2.15. The molecular weight excluding hydrogens is 320 g/mol. The van der Waals surface area contributed by atoms with Gasteiger partial charge in [0.2, 0.25) is 0 Å². The second-order valence-electron chi connectivity index (χ2n) is 4.77. The van der Waals surface area contributed by atoms with Gasteiger partial charge in [0.05, 0.1) is 12.7 Å². The first kappa shape index (κ1) is 17.4. The van der Waals surface area contributed by atoms with Crippen molar-refractivity contribution in [3.05, 3.63) is 65.2 Å². The maximum Gasteiger partial charge on any atom is 0.387 e. The van der Waals surface area contributed by atoms with Crippen molar-refractivity contribution in [1.82, 2.24) is 5.32 Å². The van der Waals surface area contributed by atoms with E-state index in [2.05, 4.69) is 14.8 Å². The minimum atomic E-state index is -2.90. The Morgan fingerprint density at radius 3 is 2.12 bits per heavy atom. The molecule has 0 aromatic heterocycles. The van der Waals surface area contributed by atoms with Gasteiger partial charge in [0.25, 0.3) is 5.91 Å². The Kier molecular flexibility index (Phi) is 5.83. The summed E-state index contributed by atoms with van der Waals surface area (Å²) < 4.78 is 32.9. The van der Waals surface area contributed by atoms with Gasteiger partial charge in [-0.1, -0.05) is 12.1 Å². The standard InChI is InChI=1S/C17H15F2NO4/c1-23-16(22)13-4-2-11(3-5-13)10-20-15(21)12-6-8-14(9-7-12)24-17(18)19/h2-9,17H,10H2,1H3,(H,20,21). The predicted octanol–water partition coefficient (Wildman–Crippen LogP) is 3.00. The van der Waals surface area contributed by atoms with Crippen LogP contribution < -0.4 is 10.1 Å². The van der Waals surface area contributed by atoms with Crippen molar-refractivity contribution in [2.75, 3.05) is 7.11 Å². The van der Waals surface area contributed by atoms with Gasteiger partial charge in [-0.25, -0.2) is 4.79 Å². The fraction of sp³-hybridized carbons (Fsp3) is 0.176. The summed E-state index contributed by atoms with van der Waals surface area (Å²) in [5.41, 5.74) is 1.54. The second-order valence-corrected chi connectivity index (χ2v) is 4.77. The fourth-order valence-electron chi connectivity index (χ4n) is 1.95. The summed E-state index contributed by atoms with van der Waals surface area (Å²) in [5.74, 6) is -0.799. The van der Waals surface area contributed by atoms with Crippen molar-refractivity contribution < 1.29 is 27.8 Å². The van der Waals surface area contributed by atoms with E-state index in [1.165, 1.54) is 31.4 Å². The third kappa shape index (κ3) is 4.77. The van der Waals surface area contributed by atoms with Crippen LogP contribution in [0.2, 0.25) is 0 Å². The molecule has 0 atom stereocenters. The number of benzene rings is 2. The number of rotatable bonds is 6. The van der Waals surface area contributed by atoms with E-state index in [0.717, 1.165) is 5.56 Å². The largest absolute Gasteiger partial charge is 0.465 e. The average molecular weight is 335 g/mol. The van der Waals surface area contributed by atoms with Crippen LogP contribution in [0.25, 0.3) is 0 Å². The Balaban J connectivity index is 1.91. The van der Waals surface area contributed by atoms with Gasteiger partial charge in [-0.05, 0) is 42.0 Å². The summed E-state index contributed by atoms with van der Waals surface area (Å²) in [6.07, 6.45) is 0. The molecule has 0 aliphatic rings. The molecule has 0 bridgehead atoms. The lowest BCUT2D eigenvalue weighted by molar-refractivity contribution is -0.0498. The number of amides is 1. The number of esters is 1. The van der Waals surface area contributed by atoms with Gasteiger partial charge in [-0.2, -0.15) is 8.78 Å². The number of hydrogen-bond donors (Lipinski definition) is 1. The molecule has 0 aliphatic heterocycles. The maximum atomic E-state index is 12.1. The lowest BCUT2D eigenvalue weighted by Crippen LogP contribution is -2.22. The van der Waals surface area contributed by atoms with Gasteiger partial charge < -0.3 is 14.8 Å². The highest BCUT2D eigenvalue weighted by atomic mass is 19.3. The van der Waals surface area contributed by atoms with Crippen LogP contribution in [0.3, 0.4) is 0 Å². The molecule has 5 nitrogen and oxygen atoms in total. The minimum absolute atomic E-state index is 0.0139. The van der Waals surface area contributed by atoms with Crippen LogP contribution in [0, 0.1) is 0 Å². The van der Waals surface area contributed by atoms with E-state index in [1.54, 1.807) is 24.3 Å². The van der Waals surface area contributed by atoms with Crippen molar-refractivity contribution in [1.29, 1.82) is 0 Å². The molecule has 0 saturated heterocycles. The van der Waals surface area contributed by atoms with Gasteiger partial charge in [0.15, 0.2) is 0 Å². The molecule has 0 radical (unpaired) electrons. The number of ether oxygens (including phenoxy) is 2. The Labute approximate surface area is 137 Å². The van der Waals surface area contributed by atoms with E-state index < -0.39 is 12.6 Å². The normalized spacial score (nSPS) is 10.3. The van der Waals surface area contributed by atoms with Crippen LogP contribution in [0.1, 0.15) is 26.3 Å². The molecule has 0 heterocycles. The maximum absolute atomic E-state index is 12.1.